The molecule has 0 aromatic heterocycles. The highest BCUT2D eigenvalue weighted by molar-refractivity contribution is 9.10. The summed E-state index contributed by atoms with van der Waals surface area (Å²) in [5.74, 6) is -8.43. The van der Waals surface area contributed by atoms with E-state index in [-0.39, 0.29) is 5.69 Å². The van der Waals surface area contributed by atoms with E-state index in [4.69, 9.17) is 5.11 Å². The van der Waals surface area contributed by atoms with Gasteiger partial charge in [-0.1, -0.05) is 0 Å². The molecule has 110 valence electrons. The van der Waals surface area contributed by atoms with E-state index in [1.807, 2.05) is 0 Å². The lowest BCUT2D eigenvalue weighted by molar-refractivity contribution is 0.102. The summed E-state index contributed by atoms with van der Waals surface area (Å²) >= 11 is 3.03. The van der Waals surface area contributed by atoms with Gasteiger partial charge in [-0.15, -0.1) is 0 Å². The zero-order valence-corrected chi connectivity index (χ0v) is 11.6. The summed E-state index contributed by atoms with van der Waals surface area (Å²) in [7, 11) is 0. The summed E-state index contributed by atoms with van der Waals surface area (Å²) in [5.41, 5.74) is -0.953. The van der Waals surface area contributed by atoms with Crippen LogP contribution in [-0.2, 0) is 0 Å². The Morgan fingerprint density at radius 2 is 1.76 bits per heavy atom. The molecule has 0 aliphatic rings. The van der Waals surface area contributed by atoms with Gasteiger partial charge in [-0.3, -0.25) is 4.79 Å². The van der Waals surface area contributed by atoms with Gasteiger partial charge in [-0.25, -0.2) is 13.2 Å². The minimum absolute atomic E-state index is 0.0383. The summed E-state index contributed by atoms with van der Waals surface area (Å²) in [6, 6.07) is 3.65. The summed E-state index contributed by atoms with van der Waals surface area (Å²) in [5, 5.41) is 11.2. The van der Waals surface area contributed by atoms with E-state index in [1.54, 1.807) is 0 Å². The zero-order valence-electron chi connectivity index (χ0n) is 10.1. The third kappa shape index (κ3) is 2.99. The van der Waals surface area contributed by atoms with Crippen molar-refractivity contribution in [1.82, 2.24) is 0 Å². The third-order valence-corrected chi connectivity index (χ3v) is 3.25. The lowest BCUT2D eigenvalue weighted by atomic mass is 10.1. The molecule has 0 fully saturated rings. The number of carbonyl (C=O) groups is 1. The molecule has 0 spiro atoms. The number of hydrogen-bond acceptors (Lipinski definition) is 2. The first kappa shape index (κ1) is 15.3. The van der Waals surface area contributed by atoms with Crippen molar-refractivity contribution in [1.29, 1.82) is 0 Å². The number of amides is 1. The Kier molecular flexibility index (Phi) is 4.17. The zero-order chi connectivity index (χ0) is 15.7. The average Bonchev–Trinajstić information content (AvgIpc) is 2.44. The predicted molar refractivity (Wildman–Crippen MR) is 70.0 cm³/mol. The lowest BCUT2D eigenvalue weighted by Gasteiger charge is -2.09. The van der Waals surface area contributed by atoms with Crippen LogP contribution in [0.5, 0.6) is 5.75 Å². The Morgan fingerprint density at radius 1 is 1.10 bits per heavy atom. The number of rotatable bonds is 2. The van der Waals surface area contributed by atoms with Crippen molar-refractivity contribution in [2.75, 3.05) is 5.32 Å². The Labute approximate surface area is 124 Å². The van der Waals surface area contributed by atoms with Gasteiger partial charge in [0, 0.05) is 4.47 Å². The maximum Gasteiger partial charge on any atom is 0.258 e. The summed E-state index contributed by atoms with van der Waals surface area (Å²) in [6.07, 6.45) is 0. The maximum atomic E-state index is 13.6. The van der Waals surface area contributed by atoms with Gasteiger partial charge >= 0.3 is 0 Å². The largest absolute Gasteiger partial charge is 0.503 e. The number of nitrogens with one attached hydrogen (secondary N) is 1. The van der Waals surface area contributed by atoms with Crippen LogP contribution in [0.4, 0.5) is 23.2 Å². The Morgan fingerprint density at radius 3 is 2.43 bits per heavy atom. The molecule has 0 bridgehead atoms. The molecule has 2 N–H and O–H groups in total. The van der Waals surface area contributed by atoms with E-state index in [0.29, 0.717) is 10.5 Å². The highest BCUT2D eigenvalue weighted by Crippen LogP contribution is 2.28. The molecule has 0 unspecified atom stereocenters. The van der Waals surface area contributed by atoms with Crippen LogP contribution in [0.25, 0.3) is 0 Å². The number of phenolic OH excluding ortho intramolecular Hbond substituents is 1. The van der Waals surface area contributed by atoms with Gasteiger partial charge in [0.15, 0.2) is 17.4 Å². The minimum Gasteiger partial charge on any atom is -0.503 e. The summed E-state index contributed by atoms with van der Waals surface area (Å²) in [4.78, 5) is 11.8. The second kappa shape index (κ2) is 5.72. The second-order valence-corrected chi connectivity index (χ2v) is 4.82. The van der Waals surface area contributed by atoms with Gasteiger partial charge in [-0.2, -0.15) is 4.39 Å². The quantitative estimate of drug-likeness (QED) is 0.626. The van der Waals surface area contributed by atoms with Crippen molar-refractivity contribution in [3.8, 4) is 5.75 Å². The first-order chi connectivity index (χ1) is 9.81. The molecule has 2 aromatic rings. The number of aromatic hydroxyl groups is 1. The smallest absolute Gasteiger partial charge is 0.258 e. The molecule has 2 aromatic carbocycles. The molecule has 0 heterocycles. The van der Waals surface area contributed by atoms with E-state index < -0.39 is 40.5 Å². The Hall–Kier alpha value is -2.09. The van der Waals surface area contributed by atoms with Crippen LogP contribution < -0.4 is 5.32 Å². The number of benzene rings is 2. The molecular weight excluding hydrogens is 358 g/mol. The molecule has 8 heteroatoms. The first-order valence-corrected chi connectivity index (χ1v) is 6.23. The van der Waals surface area contributed by atoms with Crippen LogP contribution in [0.1, 0.15) is 10.4 Å². The molecule has 0 saturated carbocycles. The van der Waals surface area contributed by atoms with Gasteiger partial charge < -0.3 is 10.4 Å². The molecule has 0 aliphatic heterocycles. The second-order valence-electron chi connectivity index (χ2n) is 3.96. The lowest BCUT2D eigenvalue weighted by Crippen LogP contribution is -2.15. The number of anilines is 1. The van der Waals surface area contributed by atoms with Crippen molar-refractivity contribution in [2.45, 2.75) is 0 Å². The fraction of sp³-hybridized carbons (Fsp3) is 0. The summed E-state index contributed by atoms with van der Waals surface area (Å²) < 4.78 is 53.0. The molecule has 21 heavy (non-hydrogen) atoms. The molecular formula is C13H6BrF4NO2. The fourth-order valence-corrected chi connectivity index (χ4v) is 1.88. The number of halogens is 5. The van der Waals surface area contributed by atoms with Crippen LogP contribution in [0.15, 0.2) is 28.7 Å². The van der Waals surface area contributed by atoms with E-state index >= 15 is 0 Å². The predicted octanol–water partition coefficient (Wildman–Crippen LogP) is 3.96. The molecule has 3 nitrogen and oxygen atoms in total. The molecule has 0 aliphatic carbocycles. The highest BCUT2D eigenvalue weighted by Gasteiger charge is 2.23. The highest BCUT2D eigenvalue weighted by atomic mass is 79.9. The van der Waals surface area contributed by atoms with Crippen LogP contribution in [0, 0.1) is 23.3 Å². The van der Waals surface area contributed by atoms with Gasteiger partial charge in [0.2, 0.25) is 5.82 Å². The van der Waals surface area contributed by atoms with Gasteiger partial charge in [0.25, 0.3) is 5.91 Å². The fourth-order valence-electron chi connectivity index (χ4n) is 1.54. The maximum absolute atomic E-state index is 13.6. The van der Waals surface area contributed by atoms with E-state index in [9.17, 15) is 22.4 Å². The van der Waals surface area contributed by atoms with Crippen molar-refractivity contribution >= 4 is 27.5 Å². The number of hydrogen-bond donors (Lipinski definition) is 2. The van der Waals surface area contributed by atoms with Crippen molar-refractivity contribution in [3.63, 3.8) is 0 Å². The van der Waals surface area contributed by atoms with Crippen molar-refractivity contribution < 1.29 is 27.5 Å². The average molecular weight is 364 g/mol. The SMILES string of the molecule is O=C(Nc1cc(F)ccc1Br)c1cc(F)c(F)c(O)c1F. The van der Waals surface area contributed by atoms with E-state index in [1.165, 1.54) is 6.07 Å². The van der Waals surface area contributed by atoms with Crippen molar-refractivity contribution in [3.05, 3.63) is 57.6 Å². The Bertz CT molecular complexity index is 737. The van der Waals surface area contributed by atoms with E-state index in [2.05, 4.69) is 21.2 Å². The molecule has 0 atom stereocenters. The number of carbonyl (C=O) groups excluding carboxylic acids is 1. The normalized spacial score (nSPS) is 10.5. The Balaban J connectivity index is 2.40. The van der Waals surface area contributed by atoms with Crippen LogP contribution in [0.2, 0.25) is 0 Å². The van der Waals surface area contributed by atoms with Crippen LogP contribution in [-0.4, -0.2) is 11.0 Å². The summed E-state index contributed by atoms with van der Waals surface area (Å²) in [6.45, 7) is 0. The van der Waals surface area contributed by atoms with E-state index in [0.717, 1.165) is 12.1 Å². The van der Waals surface area contributed by atoms with Gasteiger partial charge in [0.05, 0.1) is 11.3 Å². The van der Waals surface area contributed by atoms with Gasteiger partial charge in [-0.05, 0) is 40.2 Å². The molecule has 1 amide bonds. The standard InChI is InChI=1S/C13H6BrF4NO2/c14-7-2-1-5(15)3-9(7)19-13(21)6-4-8(16)11(18)12(20)10(6)17/h1-4,20H,(H,19,21). The molecule has 0 saturated heterocycles. The molecule has 0 radical (unpaired) electrons. The topological polar surface area (TPSA) is 49.3 Å². The van der Waals surface area contributed by atoms with Gasteiger partial charge in [0.1, 0.15) is 5.82 Å². The number of phenols is 1. The third-order valence-electron chi connectivity index (χ3n) is 2.55. The minimum atomic E-state index is -1.80. The van der Waals surface area contributed by atoms with Crippen LogP contribution in [0.3, 0.4) is 0 Å². The van der Waals surface area contributed by atoms with Crippen LogP contribution >= 0.6 is 15.9 Å². The monoisotopic (exact) mass is 363 g/mol. The van der Waals surface area contributed by atoms with Crippen molar-refractivity contribution in [2.24, 2.45) is 0 Å². The first-order valence-electron chi connectivity index (χ1n) is 5.44. The molecule has 2 rings (SSSR count).